The van der Waals surface area contributed by atoms with Crippen molar-refractivity contribution >= 4 is 11.7 Å². The van der Waals surface area contributed by atoms with E-state index in [1.165, 1.54) is 18.2 Å². The van der Waals surface area contributed by atoms with Crippen molar-refractivity contribution in [2.75, 3.05) is 57.4 Å². The molecule has 2 saturated heterocycles. The second-order valence-electron chi connectivity index (χ2n) is 8.28. The number of anilines is 1. The number of rotatable bonds is 7. The molecule has 2 aromatic rings. The van der Waals surface area contributed by atoms with Crippen LogP contribution in [0.2, 0.25) is 0 Å². The number of carbonyl (C=O) groups is 1. The van der Waals surface area contributed by atoms with Gasteiger partial charge in [-0.1, -0.05) is 12.1 Å². The maximum Gasteiger partial charge on any atom is 0.419 e. The molecule has 8 nitrogen and oxygen atoms in total. The summed E-state index contributed by atoms with van der Waals surface area (Å²) in [7, 11) is 0. The number of piperidine rings is 1. The Labute approximate surface area is 196 Å². The van der Waals surface area contributed by atoms with Crippen molar-refractivity contribution in [3.8, 4) is 5.75 Å². The van der Waals surface area contributed by atoms with Crippen LogP contribution >= 0.6 is 0 Å². The number of ether oxygens (including phenoxy) is 2. The van der Waals surface area contributed by atoms with Crippen molar-refractivity contribution in [2.24, 2.45) is 0 Å². The van der Waals surface area contributed by atoms with Gasteiger partial charge in [0.15, 0.2) is 11.5 Å². The van der Waals surface area contributed by atoms with Crippen LogP contribution in [0.15, 0.2) is 36.4 Å². The third kappa shape index (κ3) is 6.35. The molecule has 1 amide bonds. The molecule has 0 radical (unpaired) electrons. The zero-order valence-electron chi connectivity index (χ0n) is 18.8. The van der Waals surface area contributed by atoms with Gasteiger partial charge in [-0.15, -0.1) is 10.2 Å². The molecule has 34 heavy (non-hydrogen) atoms. The van der Waals surface area contributed by atoms with Gasteiger partial charge in [0.05, 0.1) is 18.8 Å². The molecule has 2 fully saturated rings. The first-order valence-electron chi connectivity index (χ1n) is 11.4. The van der Waals surface area contributed by atoms with Crippen molar-refractivity contribution < 1.29 is 27.4 Å². The van der Waals surface area contributed by atoms with Crippen LogP contribution in [0.4, 0.5) is 19.0 Å². The van der Waals surface area contributed by atoms with E-state index in [1.54, 1.807) is 12.1 Å². The molecule has 2 aliphatic rings. The first-order chi connectivity index (χ1) is 16.4. The van der Waals surface area contributed by atoms with Crippen LogP contribution in [0.5, 0.6) is 5.75 Å². The zero-order chi connectivity index (χ0) is 24.0. The summed E-state index contributed by atoms with van der Waals surface area (Å²) in [5, 5.41) is 11.1. The number of nitrogens with zero attached hydrogens (tertiary/aromatic N) is 4. The van der Waals surface area contributed by atoms with Crippen LogP contribution in [0.25, 0.3) is 0 Å². The van der Waals surface area contributed by atoms with Crippen LogP contribution in [-0.4, -0.2) is 79.6 Å². The Hall–Kier alpha value is -2.92. The molecule has 4 rings (SSSR count). The van der Waals surface area contributed by atoms with Crippen LogP contribution in [0.1, 0.15) is 28.9 Å². The highest BCUT2D eigenvalue weighted by Crippen LogP contribution is 2.37. The van der Waals surface area contributed by atoms with Crippen molar-refractivity contribution in [3.63, 3.8) is 0 Å². The van der Waals surface area contributed by atoms with Crippen molar-refractivity contribution in [1.29, 1.82) is 0 Å². The van der Waals surface area contributed by atoms with Gasteiger partial charge in [0, 0.05) is 52.1 Å². The predicted molar refractivity (Wildman–Crippen MR) is 119 cm³/mol. The van der Waals surface area contributed by atoms with Gasteiger partial charge in [0.25, 0.3) is 5.91 Å². The van der Waals surface area contributed by atoms with Gasteiger partial charge in [-0.3, -0.25) is 9.69 Å². The van der Waals surface area contributed by atoms with Gasteiger partial charge in [-0.05, 0) is 24.3 Å². The highest BCUT2D eigenvalue weighted by Gasteiger charge is 2.35. The number of nitrogens with one attached hydrogen (secondary N) is 1. The van der Waals surface area contributed by atoms with E-state index in [0.29, 0.717) is 51.5 Å². The lowest BCUT2D eigenvalue weighted by atomic mass is 10.1. The summed E-state index contributed by atoms with van der Waals surface area (Å²) in [6.45, 7) is 5.56. The number of hydrogen-bond donors (Lipinski definition) is 1. The largest absolute Gasteiger partial charge is 0.490 e. The molecule has 184 valence electrons. The molecule has 0 spiro atoms. The molecule has 1 aromatic carbocycles. The Balaban J connectivity index is 1.24. The maximum atomic E-state index is 13.2. The highest BCUT2D eigenvalue weighted by molar-refractivity contribution is 5.92. The van der Waals surface area contributed by atoms with Gasteiger partial charge in [-0.2, -0.15) is 13.2 Å². The zero-order valence-corrected chi connectivity index (χ0v) is 18.8. The summed E-state index contributed by atoms with van der Waals surface area (Å²) in [6.07, 6.45) is -3.66. The van der Waals surface area contributed by atoms with E-state index in [1.807, 2.05) is 4.90 Å². The fraction of sp³-hybridized carbons (Fsp3) is 0.522. The number of alkyl halides is 3. The van der Waals surface area contributed by atoms with Gasteiger partial charge in [-0.25, -0.2) is 0 Å². The number of aromatic nitrogens is 2. The topological polar surface area (TPSA) is 79.8 Å². The van der Waals surface area contributed by atoms with E-state index >= 15 is 0 Å². The number of para-hydroxylation sites is 1. The number of amides is 1. The molecule has 0 atom stereocenters. The average molecular weight is 480 g/mol. The van der Waals surface area contributed by atoms with E-state index in [9.17, 15) is 18.0 Å². The minimum Gasteiger partial charge on any atom is -0.490 e. The fourth-order valence-corrected chi connectivity index (χ4v) is 4.04. The molecular weight excluding hydrogens is 451 g/mol. The van der Waals surface area contributed by atoms with Crippen LogP contribution in [-0.2, 0) is 10.9 Å². The van der Waals surface area contributed by atoms with E-state index in [0.717, 1.165) is 25.7 Å². The highest BCUT2D eigenvalue weighted by atomic mass is 19.4. The molecule has 2 aliphatic heterocycles. The van der Waals surface area contributed by atoms with Crippen molar-refractivity contribution in [1.82, 2.24) is 20.4 Å². The van der Waals surface area contributed by atoms with Gasteiger partial charge >= 0.3 is 6.18 Å². The second-order valence-corrected chi connectivity index (χ2v) is 8.28. The summed E-state index contributed by atoms with van der Waals surface area (Å²) >= 11 is 0. The maximum absolute atomic E-state index is 13.2. The lowest BCUT2D eigenvalue weighted by Crippen LogP contribution is -2.41. The predicted octanol–water partition coefficient (Wildman–Crippen LogP) is 2.61. The minimum atomic E-state index is -4.45. The summed E-state index contributed by atoms with van der Waals surface area (Å²) < 4.78 is 50.6. The molecule has 0 unspecified atom stereocenters. The van der Waals surface area contributed by atoms with E-state index in [4.69, 9.17) is 9.47 Å². The third-order valence-electron chi connectivity index (χ3n) is 5.95. The quantitative estimate of drug-likeness (QED) is 0.654. The van der Waals surface area contributed by atoms with Gasteiger partial charge in [0.1, 0.15) is 11.9 Å². The molecule has 0 saturated carbocycles. The second kappa shape index (κ2) is 11.0. The smallest absolute Gasteiger partial charge is 0.419 e. The fourth-order valence-electron chi connectivity index (χ4n) is 4.04. The SMILES string of the molecule is O=C(NCCN1CCOCC1)c1ccc(N2CCC(Oc3ccccc3C(F)(F)F)CC2)nn1. The average Bonchev–Trinajstić information content (AvgIpc) is 2.85. The monoisotopic (exact) mass is 479 g/mol. The molecule has 0 bridgehead atoms. The molecule has 3 heterocycles. The minimum absolute atomic E-state index is 0.141. The molecule has 1 aromatic heterocycles. The number of benzene rings is 1. The lowest BCUT2D eigenvalue weighted by Gasteiger charge is -2.33. The number of carbonyl (C=O) groups excluding carboxylic acids is 1. The summed E-state index contributed by atoms with van der Waals surface area (Å²) in [5.41, 5.74) is -0.519. The normalized spacial score (nSPS) is 18.0. The van der Waals surface area contributed by atoms with E-state index in [2.05, 4.69) is 20.4 Å². The number of halogens is 3. The van der Waals surface area contributed by atoms with Crippen LogP contribution < -0.4 is 15.0 Å². The van der Waals surface area contributed by atoms with E-state index < -0.39 is 11.7 Å². The third-order valence-corrected chi connectivity index (χ3v) is 5.95. The number of morpholine rings is 1. The van der Waals surface area contributed by atoms with Gasteiger partial charge < -0.3 is 19.7 Å². The molecule has 1 N–H and O–H groups in total. The van der Waals surface area contributed by atoms with Gasteiger partial charge in [0.2, 0.25) is 0 Å². The van der Waals surface area contributed by atoms with Crippen LogP contribution in [0.3, 0.4) is 0 Å². The van der Waals surface area contributed by atoms with Crippen molar-refractivity contribution in [3.05, 3.63) is 47.7 Å². The van der Waals surface area contributed by atoms with E-state index in [-0.39, 0.29) is 23.5 Å². The van der Waals surface area contributed by atoms with Crippen LogP contribution in [0, 0.1) is 0 Å². The Morgan fingerprint density at radius 3 is 2.47 bits per heavy atom. The molecular formula is C23H28F3N5O3. The Kier molecular flexibility index (Phi) is 7.84. The summed E-state index contributed by atoms with van der Waals surface area (Å²) in [6, 6.07) is 8.64. The summed E-state index contributed by atoms with van der Waals surface area (Å²) in [5.74, 6) is 0.207. The first-order valence-corrected chi connectivity index (χ1v) is 11.4. The Bertz CT molecular complexity index is 944. The molecule has 0 aliphatic carbocycles. The Morgan fingerprint density at radius 2 is 1.79 bits per heavy atom. The molecule has 11 heteroatoms. The van der Waals surface area contributed by atoms with Crippen molar-refractivity contribution in [2.45, 2.75) is 25.1 Å². The number of hydrogen-bond acceptors (Lipinski definition) is 7. The Morgan fingerprint density at radius 1 is 1.06 bits per heavy atom. The first kappa shape index (κ1) is 24.2. The summed E-state index contributed by atoms with van der Waals surface area (Å²) in [4.78, 5) is 16.5. The lowest BCUT2D eigenvalue weighted by molar-refractivity contribution is -0.139. The standard InChI is InChI=1S/C23H28F3N5O3/c24-23(25,26)18-3-1-2-4-20(18)34-17-7-10-31(11-8-17)21-6-5-19(28-29-21)22(32)27-9-12-30-13-15-33-16-14-30/h1-6,17H,7-16H2,(H,27,32).